The number of carbonyl (C=O) groups excluding carboxylic acids is 1. The van der Waals surface area contributed by atoms with E-state index in [1.165, 1.54) is 7.11 Å². The van der Waals surface area contributed by atoms with Gasteiger partial charge in [0.05, 0.1) is 18.5 Å². The van der Waals surface area contributed by atoms with Crippen LogP contribution in [0.25, 0.3) is 11.3 Å². The number of thiophene rings is 1. The minimum atomic E-state index is -0.549. The predicted octanol–water partition coefficient (Wildman–Crippen LogP) is 4.41. The third kappa shape index (κ3) is 4.12. The second-order valence-corrected chi connectivity index (χ2v) is 7.64. The molecule has 8 heteroatoms. The number of hydrogen-bond acceptors (Lipinski definition) is 7. The zero-order valence-electron chi connectivity index (χ0n) is 14.4. The maximum Gasteiger partial charge on any atom is 0.413 e. The minimum Gasteiger partial charge on any atom is -0.453 e. The average molecular weight is 396 g/mol. The van der Waals surface area contributed by atoms with Gasteiger partial charge in [-0.05, 0) is 41.3 Å². The molecule has 6 nitrogen and oxygen atoms in total. The lowest BCUT2D eigenvalue weighted by Crippen LogP contribution is -2.41. The molecule has 0 spiro atoms. The number of guanidine groups is 1. The topological polar surface area (TPSA) is 75.6 Å². The van der Waals surface area contributed by atoms with Gasteiger partial charge < -0.3 is 10.1 Å². The van der Waals surface area contributed by atoms with Gasteiger partial charge in [-0.2, -0.15) is 11.3 Å². The largest absolute Gasteiger partial charge is 0.453 e. The van der Waals surface area contributed by atoms with Gasteiger partial charge in [0.1, 0.15) is 0 Å². The van der Waals surface area contributed by atoms with Gasteiger partial charge in [0.25, 0.3) is 0 Å². The highest BCUT2D eigenvalue weighted by Crippen LogP contribution is 2.33. The minimum absolute atomic E-state index is 0.387. The Kier molecular flexibility index (Phi) is 5.08. The Bertz CT molecular complexity index is 985. The van der Waals surface area contributed by atoms with Crippen LogP contribution in [0.5, 0.6) is 0 Å². The molecule has 0 saturated heterocycles. The number of aromatic nitrogens is 1. The van der Waals surface area contributed by atoms with Gasteiger partial charge >= 0.3 is 6.09 Å². The number of ether oxygens (including phenoxy) is 1. The molecule has 0 saturated carbocycles. The molecule has 0 unspecified atom stereocenters. The number of pyridine rings is 1. The first-order valence-corrected chi connectivity index (χ1v) is 9.94. The van der Waals surface area contributed by atoms with Crippen molar-refractivity contribution < 1.29 is 9.53 Å². The van der Waals surface area contributed by atoms with Crippen molar-refractivity contribution in [1.29, 1.82) is 0 Å². The second kappa shape index (κ2) is 7.81. The van der Waals surface area contributed by atoms with Crippen LogP contribution in [-0.4, -0.2) is 24.1 Å². The number of benzene rings is 1. The average Bonchev–Trinajstić information content (AvgIpc) is 3.23. The lowest BCUT2D eigenvalue weighted by atomic mass is 10.1. The number of hydrogen-bond donors (Lipinski definition) is 2. The van der Waals surface area contributed by atoms with Crippen LogP contribution in [0.2, 0.25) is 0 Å². The fourth-order valence-electron chi connectivity index (χ4n) is 2.58. The fraction of sp³-hybridized carbons (Fsp3) is 0.105. The highest BCUT2D eigenvalue weighted by Gasteiger charge is 2.14. The molecule has 3 heterocycles. The Labute approximate surface area is 164 Å². The quantitative estimate of drug-likeness (QED) is 0.686. The summed E-state index contributed by atoms with van der Waals surface area (Å²) in [5, 5.41) is 9.75. The number of aliphatic imine (C=N–C) groups is 1. The van der Waals surface area contributed by atoms with Crippen molar-refractivity contribution in [3.05, 3.63) is 58.9 Å². The summed E-state index contributed by atoms with van der Waals surface area (Å²) in [5.74, 6) is 0.387. The summed E-state index contributed by atoms with van der Waals surface area (Å²) < 4.78 is 4.60. The van der Waals surface area contributed by atoms with E-state index in [0.717, 1.165) is 32.3 Å². The first kappa shape index (κ1) is 17.6. The monoisotopic (exact) mass is 396 g/mol. The van der Waals surface area contributed by atoms with Gasteiger partial charge in [-0.1, -0.05) is 17.8 Å². The summed E-state index contributed by atoms with van der Waals surface area (Å²) in [7, 11) is 1.32. The van der Waals surface area contributed by atoms with Crippen LogP contribution in [0.4, 0.5) is 10.5 Å². The maximum atomic E-state index is 11.3. The summed E-state index contributed by atoms with van der Waals surface area (Å²) in [4.78, 5) is 22.5. The first-order chi connectivity index (χ1) is 13.2. The maximum absolute atomic E-state index is 11.3. The van der Waals surface area contributed by atoms with Gasteiger partial charge in [0.15, 0.2) is 0 Å². The number of alkyl carbamates (subject to hydrolysis) is 1. The van der Waals surface area contributed by atoms with E-state index in [9.17, 15) is 4.79 Å². The lowest BCUT2D eigenvalue weighted by Gasteiger charge is -2.18. The number of methoxy groups -OCH3 is 1. The summed E-state index contributed by atoms with van der Waals surface area (Å²) in [6, 6.07) is 12.3. The van der Waals surface area contributed by atoms with Gasteiger partial charge in [-0.15, -0.1) is 0 Å². The number of carbonyl (C=O) groups is 1. The molecule has 1 aromatic carbocycles. The van der Waals surface area contributed by atoms with Crippen LogP contribution in [-0.2, 0) is 11.3 Å². The van der Waals surface area contributed by atoms with E-state index < -0.39 is 6.09 Å². The highest BCUT2D eigenvalue weighted by atomic mass is 32.2. The van der Waals surface area contributed by atoms with Crippen molar-refractivity contribution in [2.75, 3.05) is 7.11 Å². The predicted molar refractivity (Wildman–Crippen MR) is 108 cm³/mol. The van der Waals surface area contributed by atoms with Crippen LogP contribution in [0, 0.1) is 0 Å². The molecule has 4 rings (SSSR count). The van der Waals surface area contributed by atoms with Gasteiger partial charge in [0, 0.05) is 33.5 Å². The highest BCUT2D eigenvalue weighted by molar-refractivity contribution is 7.99. The number of nitrogens with zero attached hydrogens (tertiary/aromatic N) is 2. The molecular weight excluding hydrogens is 380 g/mol. The zero-order chi connectivity index (χ0) is 18.6. The Balaban J connectivity index is 1.51. The summed E-state index contributed by atoms with van der Waals surface area (Å²) in [6.45, 7) is 0.597. The Hall–Kier alpha value is -2.84. The van der Waals surface area contributed by atoms with E-state index in [4.69, 9.17) is 0 Å². The third-order valence-corrected chi connectivity index (χ3v) is 5.58. The van der Waals surface area contributed by atoms with Gasteiger partial charge in [-0.25, -0.2) is 9.79 Å². The molecule has 1 aliphatic heterocycles. The SMILES string of the molecule is COC(=O)NC1=Nc2cc(Sc3ccc(-c4ccsc4)nc3)ccc2CN1. The molecule has 3 aromatic rings. The van der Waals surface area contributed by atoms with Crippen LogP contribution < -0.4 is 10.6 Å². The summed E-state index contributed by atoms with van der Waals surface area (Å²) in [5.41, 5.74) is 4.01. The molecule has 27 heavy (non-hydrogen) atoms. The smallest absolute Gasteiger partial charge is 0.413 e. The number of fused-ring (bicyclic) bond motifs is 1. The van der Waals surface area contributed by atoms with Crippen molar-refractivity contribution in [3.8, 4) is 11.3 Å². The molecule has 2 aromatic heterocycles. The molecular formula is C19H16N4O2S2. The molecule has 0 radical (unpaired) electrons. The van der Waals surface area contributed by atoms with E-state index in [1.807, 2.05) is 29.8 Å². The van der Waals surface area contributed by atoms with E-state index in [2.05, 4.69) is 48.9 Å². The molecule has 0 aliphatic carbocycles. The van der Waals surface area contributed by atoms with Crippen molar-refractivity contribution in [2.45, 2.75) is 16.3 Å². The van der Waals surface area contributed by atoms with Crippen molar-refractivity contribution in [2.24, 2.45) is 4.99 Å². The number of nitrogens with one attached hydrogen (secondary N) is 2. The number of amides is 1. The van der Waals surface area contributed by atoms with Crippen molar-refractivity contribution in [3.63, 3.8) is 0 Å². The first-order valence-electron chi connectivity index (χ1n) is 8.18. The standard InChI is InChI=1S/C19H16N4O2S2/c1-25-19(24)23-18-21-9-12-2-3-14(8-17(12)22-18)27-15-4-5-16(20-10-15)13-6-7-26-11-13/h2-8,10-11H,9H2,1H3,(H2,21,22,23,24). The second-order valence-electron chi connectivity index (χ2n) is 5.71. The molecule has 0 atom stereocenters. The Morgan fingerprint density at radius 2 is 2.15 bits per heavy atom. The van der Waals surface area contributed by atoms with E-state index in [0.29, 0.717) is 12.5 Å². The molecule has 0 bridgehead atoms. The fourth-order valence-corrected chi connectivity index (χ4v) is 4.05. The van der Waals surface area contributed by atoms with E-state index in [-0.39, 0.29) is 0 Å². The van der Waals surface area contributed by atoms with Crippen LogP contribution in [0.1, 0.15) is 5.56 Å². The van der Waals surface area contributed by atoms with E-state index in [1.54, 1.807) is 23.1 Å². The summed E-state index contributed by atoms with van der Waals surface area (Å²) >= 11 is 3.29. The van der Waals surface area contributed by atoms with Crippen LogP contribution in [0.3, 0.4) is 0 Å². The molecule has 1 aliphatic rings. The van der Waals surface area contributed by atoms with Crippen molar-refractivity contribution in [1.82, 2.24) is 15.6 Å². The molecule has 1 amide bonds. The third-order valence-electron chi connectivity index (χ3n) is 3.93. The van der Waals surface area contributed by atoms with E-state index >= 15 is 0 Å². The van der Waals surface area contributed by atoms with Crippen LogP contribution >= 0.6 is 23.1 Å². The normalized spacial score (nSPS) is 12.6. The number of rotatable bonds is 3. The molecule has 136 valence electrons. The zero-order valence-corrected chi connectivity index (χ0v) is 16.1. The van der Waals surface area contributed by atoms with Gasteiger partial charge in [-0.3, -0.25) is 10.3 Å². The van der Waals surface area contributed by atoms with Gasteiger partial charge in [0.2, 0.25) is 5.96 Å². The summed E-state index contributed by atoms with van der Waals surface area (Å²) in [6.07, 6.45) is 1.33. The Morgan fingerprint density at radius 3 is 2.89 bits per heavy atom. The Morgan fingerprint density at radius 1 is 1.26 bits per heavy atom. The lowest BCUT2D eigenvalue weighted by molar-refractivity contribution is 0.176. The van der Waals surface area contributed by atoms with Crippen LogP contribution in [0.15, 0.2) is 68.1 Å². The van der Waals surface area contributed by atoms with Crippen molar-refractivity contribution >= 4 is 40.8 Å². The molecule has 2 N–H and O–H groups in total. The molecule has 0 fully saturated rings.